The molecule has 0 heterocycles. The Morgan fingerprint density at radius 3 is 2.62 bits per heavy atom. The molecule has 88 valence electrons. The summed E-state index contributed by atoms with van der Waals surface area (Å²) in [5.41, 5.74) is 3.05. The molecule has 0 aliphatic carbocycles. The molecule has 0 radical (unpaired) electrons. The predicted molar refractivity (Wildman–Crippen MR) is 68.9 cm³/mol. The molecular weight excluding hydrogens is 200 g/mol. The van der Waals surface area contributed by atoms with E-state index in [0.29, 0.717) is 6.04 Å². The van der Waals surface area contributed by atoms with Crippen molar-refractivity contribution in [2.24, 2.45) is 0 Å². The Hall–Kier alpha value is -1.51. The minimum atomic E-state index is -0.0364. The molecule has 3 heteroatoms. The highest BCUT2D eigenvalue weighted by Crippen LogP contribution is 2.20. The summed E-state index contributed by atoms with van der Waals surface area (Å²) in [6.45, 7) is 7.81. The minimum Gasteiger partial charge on any atom is -0.383 e. The Morgan fingerprint density at radius 1 is 1.44 bits per heavy atom. The number of carbonyl (C=O) groups excluding carboxylic acids is 1. The second-order valence-corrected chi connectivity index (χ2v) is 4.16. The van der Waals surface area contributed by atoms with Crippen molar-refractivity contribution in [3.05, 3.63) is 23.8 Å². The molecule has 0 aromatic heterocycles. The van der Waals surface area contributed by atoms with Crippen molar-refractivity contribution >= 4 is 17.3 Å². The molecule has 0 aliphatic heterocycles. The first kappa shape index (κ1) is 12.6. The summed E-state index contributed by atoms with van der Waals surface area (Å²) in [4.78, 5) is 10.9. The first-order valence-corrected chi connectivity index (χ1v) is 5.67. The third kappa shape index (κ3) is 3.57. The quantitative estimate of drug-likeness (QED) is 0.818. The zero-order valence-corrected chi connectivity index (χ0v) is 10.4. The van der Waals surface area contributed by atoms with Crippen molar-refractivity contribution in [3.8, 4) is 0 Å². The number of amides is 1. The zero-order chi connectivity index (χ0) is 12.1. The molecule has 16 heavy (non-hydrogen) atoms. The maximum Gasteiger partial charge on any atom is 0.221 e. The normalized spacial score (nSPS) is 12.0. The summed E-state index contributed by atoms with van der Waals surface area (Å²) in [5.74, 6) is -0.0364. The van der Waals surface area contributed by atoms with Crippen LogP contribution < -0.4 is 10.6 Å². The SMILES string of the molecule is CCC(C)Nc1ccc(NC(C)=O)c(C)c1. The maximum atomic E-state index is 10.9. The minimum absolute atomic E-state index is 0.0364. The Balaban J connectivity index is 2.78. The van der Waals surface area contributed by atoms with E-state index in [-0.39, 0.29) is 5.91 Å². The van der Waals surface area contributed by atoms with E-state index < -0.39 is 0 Å². The molecule has 1 amide bonds. The number of carbonyl (C=O) groups is 1. The average Bonchev–Trinajstić information content (AvgIpc) is 2.21. The Morgan fingerprint density at radius 2 is 2.12 bits per heavy atom. The molecule has 1 rings (SSSR count). The highest BCUT2D eigenvalue weighted by atomic mass is 16.1. The standard InChI is InChI=1S/C13H20N2O/c1-5-10(3)14-12-6-7-13(9(2)8-12)15-11(4)16/h6-8,10,14H,5H2,1-4H3,(H,15,16). The van der Waals surface area contributed by atoms with Gasteiger partial charge in [0.15, 0.2) is 0 Å². The first-order chi connectivity index (χ1) is 7.52. The van der Waals surface area contributed by atoms with Gasteiger partial charge in [0, 0.05) is 24.3 Å². The number of hydrogen-bond donors (Lipinski definition) is 2. The lowest BCUT2D eigenvalue weighted by atomic mass is 10.1. The van der Waals surface area contributed by atoms with E-state index in [2.05, 4.69) is 30.5 Å². The summed E-state index contributed by atoms with van der Waals surface area (Å²) >= 11 is 0. The number of anilines is 2. The van der Waals surface area contributed by atoms with E-state index in [1.807, 2.05) is 19.1 Å². The van der Waals surface area contributed by atoms with E-state index in [0.717, 1.165) is 23.4 Å². The molecule has 1 atom stereocenters. The molecule has 1 unspecified atom stereocenters. The van der Waals surface area contributed by atoms with Crippen LogP contribution in [0.3, 0.4) is 0 Å². The molecule has 0 saturated heterocycles. The van der Waals surface area contributed by atoms with Gasteiger partial charge in [0.25, 0.3) is 0 Å². The van der Waals surface area contributed by atoms with Crippen molar-refractivity contribution in [3.63, 3.8) is 0 Å². The number of nitrogens with one attached hydrogen (secondary N) is 2. The third-order valence-corrected chi connectivity index (χ3v) is 2.56. The average molecular weight is 220 g/mol. The maximum absolute atomic E-state index is 10.9. The van der Waals surface area contributed by atoms with Crippen molar-refractivity contribution in [2.45, 2.75) is 40.2 Å². The van der Waals surface area contributed by atoms with Crippen molar-refractivity contribution < 1.29 is 4.79 Å². The fourth-order valence-corrected chi connectivity index (χ4v) is 1.47. The lowest BCUT2D eigenvalue weighted by molar-refractivity contribution is -0.114. The van der Waals surface area contributed by atoms with Crippen molar-refractivity contribution in [1.82, 2.24) is 0 Å². The van der Waals surface area contributed by atoms with Crippen LogP contribution in [0.5, 0.6) is 0 Å². The summed E-state index contributed by atoms with van der Waals surface area (Å²) < 4.78 is 0. The van der Waals surface area contributed by atoms with Crippen LogP contribution >= 0.6 is 0 Å². The van der Waals surface area contributed by atoms with Gasteiger partial charge in [-0.3, -0.25) is 4.79 Å². The van der Waals surface area contributed by atoms with Crippen LogP contribution in [0.15, 0.2) is 18.2 Å². The van der Waals surface area contributed by atoms with Crippen LogP contribution in [0.2, 0.25) is 0 Å². The summed E-state index contributed by atoms with van der Waals surface area (Å²) in [5, 5.41) is 6.20. The monoisotopic (exact) mass is 220 g/mol. The van der Waals surface area contributed by atoms with Crippen LogP contribution in [0.25, 0.3) is 0 Å². The summed E-state index contributed by atoms with van der Waals surface area (Å²) in [6.07, 6.45) is 1.09. The third-order valence-electron chi connectivity index (χ3n) is 2.56. The van der Waals surface area contributed by atoms with Gasteiger partial charge in [-0.15, -0.1) is 0 Å². The van der Waals surface area contributed by atoms with Gasteiger partial charge in [-0.2, -0.15) is 0 Å². The van der Waals surface area contributed by atoms with Crippen molar-refractivity contribution in [2.75, 3.05) is 10.6 Å². The van der Waals surface area contributed by atoms with Gasteiger partial charge >= 0.3 is 0 Å². The van der Waals surface area contributed by atoms with E-state index in [4.69, 9.17) is 0 Å². The van der Waals surface area contributed by atoms with Gasteiger partial charge in [-0.1, -0.05) is 6.92 Å². The zero-order valence-electron chi connectivity index (χ0n) is 10.4. The number of aryl methyl sites for hydroxylation is 1. The highest BCUT2D eigenvalue weighted by molar-refractivity contribution is 5.89. The molecule has 0 spiro atoms. The number of hydrogen-bond acceptors (Lipinski definition) is 2. The highest BCUT2D eigenvalue weighted by Gasteiger charge is 2.03. The molecule has 0 saturated carbocycles. The molecule has 3 nitrogen and oxygen atoms in total. The summed E-state index contributed by atoms with van der Waals surface area (Å²) in [7, 11) is 0. The first-order valence-electron chi connectivity index (χ1n) is 5.67. The topological polar surface area (TPSA) is 41.1 Å². The van der Waals surface area contributed by atoms with Crippen LogP contribution in [-0.4, -0.2) is 11.9 Å². The van der Waals surface area contributed by atoms with E-state index in [1.165, 1.54) is 6.92 Å². The summed E-state index contributed by atoms with van der Waals surface area (Å²) in [6, 6.07) is 6.44. The van der Waals surface area contributed by atoms with Gasteiger partial charge in [0.2, 0.25) is 5.91 Å². The molecule has 1 aromatic rings. The fraction of sp³-hybridized carbons (Fsp3) is 0.462. The Bertz CT molecular complexity index is 374. The molecular formula is C13H20N2O. The molecule has 1 aromatic carbocycles. The second-order valence-electron chi connectivity index (χ2n) is 4.16. The smallest absolute Gasteiger partial charge is 0.221 e. The molecule has 2 N–H and O–H groups in total. The lowest BCUT2D eigenvalue weighted by Gasteiger charge is -2.15. The number of rotatable bonds is 4. The second kappa shape index (κ2) is 5.54. The van der Waals surface area contributed by atoms with E-state index in [1.54, 1.807) is 0 Å². The van der Waals surface area contributed by atoms with Crippen molar-refractivity contribution in [1.29, 1.82) is 0 Å². The van der Waals surface area contributed by atoms with Gasteiger partial charge in [-0.05, 0) is 44.0 Å². The van der Waals surface area contributed by atoms with Crippen LogP contribution in [0, 0.1) is 6.92 Å². The predicted octanol–water partition coefficient (Wildman–Crippen LogP) is 3.16. The number of benzene rings is 1. The van der Waals surface area contributed by atoms with Crippen LogP contribution in [-0.2, 0) is 4.79 Å². The largest absolute Gasteiger partial charge is 0.383 e. The lowest BCUT2D eigenvalue weighted by Crippen LogP contribution is -2.13. The fourth-order valence-electron chi connectivity index (χ4n) is 1.47. The Kier molecular flexibility index (Phi) is 4.35. The van der Waals surface area contributed by atoms with E-state index in [9.17, 15) is 4.79 Å². The molecule has 0 bridgehead atoms. The van der Waals surface area contributed by atoms with Gasteiger partial charge in [0.1, 0.15) is 0 Å². The molecule has 0 fully saturated rings. The molecule has 0 aliphatic rings. The van der Waals surface area contributed by atoms with E-state index >= 15 is 0 Å². The van der Waals surface area contributed by atoms with Crippen LogP contribution in [0.1, 0.15) is 32.8 Å². The Labute approximate surface area is 97.2 Å². The van der Waals surface area contributed by atoms with Gasteiger partial charge in [0.05, 0.1) is 0 Å². The van der Waals surface area contributed by atoms with Crippen LogP contribution in [0.4, 0.5) is 11.4 Å². The van der Waals surface area contributed by atoms with Gasteiger partial charge in [-0.25, -0.2) is 0 Å². The van der Waals surface area contributed by atoms with Gasteiger partial charge < -0.3 is 10.6 Å².